The minimum Gasteiger partial charge on any atom is -0.316 e. The zero-order chi connectivity index (χ0) is 21.6. The fourth-order valence-electron chi connectivity index (χ4n) is 6.36. The average molecular weight is 452 g/mol. The number of piperidine rings is 3. The van der Waals surface area contributed by atoms with E-state index in [4.69, 9.17) is 23.2 Å². The smallest absolute Gasteiger partial charge is 0.105 e. The summed E-state index contributed by atoms with van der Waals surface area (Å²) >= 11 is 12.6. The number of quaternary nitrogens is 1. The Hall–Kier alpha value is -1.87. The van der Waals surface area contributed by atoms with Crippen molar-refractivity contribution in [3.05, 3.63) is 88.6 Å². The first kappa shape index (κ1) is 21.0. The molecule has 0 radical (unpaired) electrons. The first-order valence-electron chi connectivity index (χ1n) is 11.3. The van der Waals surface area contributed by atoms with Crippen molar-refractivity contribution in [1.29, 1.82) is 0 Å². The van der Waals surface area contributed by atoms with Crippen molar-refractivity contribution >= 4 is 34.1 Å². The summed E-state index contributed by atoms with van der Waals surface area (Å²) in [5.41, 5.74) is 3.78. The lowest BCUT2D eigenvalue weighted by Gasteiger charge is -2.58. The molecule has 0 aliphatic carbocycles. The van der Waals surface area contributed by atoms with Crippen LogP contribution in [0.15, 0.2) is 67.4 Å². The van der Waals surface area contributed by atoms with Gasteiger partial charge < -0.3 is 4.48 Å². The van der Waals surface area contributed by atoms with Gasteiger partial charge in [-0.25, -0.2) is 0 Å². The van der Waals surface area contributed by atoms with Crippen molar-refractivity contribution in [2.45, 2.75) is 38.3 Å². The van der Waals surface area contributed by atoms with E-state index in [1.54, 1.807) is 0 Å². The summed E-state index contributed by atoms with van der Waals surface area (Å²) in [5.74, 6) is 1.78. The maximum atomic E-state index is 6.38. The Morgan fingerprint density at radius 2 is 2.00 bits per heavy atom. The van der Waals surface area contributed by atoms with Crippen LogP contribution in [0, 0.1) is 11.8 Å². The van der Waals surface area contributed by atoms with Crippen LogP contribution in [0.1, 0.15) is 36.8 Å². The maximum absolute atomic E-state index is 6.38. The van der Waals surface area contributed by atoms with Gasteiger partial charge >= 0.3 is 0 Å². The van der Waals surface area contributed by atoms with E-state index in [0.717, 1.165) is 29.0 Å². The third-order valence-electron chi connectivity index (χ3n) is 7.91. The van der Waals surface area contributed by atoms with Crippen molar-refractivity contribution in [3.63, 3.8) is 0 Å². The Bertz CT molecular complexity index is 1120. The minimum atomic E-state index is 0.448. The molecule has 3 saturated heterocycles. The van der Waals surface area contributed by atoms with Crippen LogP contribution in [0.4, 0.5) is 0 Å². The van der Waals surface area contributed by atoms with E-state index in [1.165, 1.54) is 35.9 Å². The highest BCUT2D eigenvalue weighted by Gasteiger charge is 2.53. The lowest BCUT2D eigenvalue weighted by Crippen LogP contribution is -2.67. The summed E-state index contributed by atoms with van der Waals surface area (Å²) in [5, 5.41) is 2.56. The Morgan fingerprint density at radius 3 is 2.81 bits per heavy atom. The average Bonchev–Trinajstić information content (AvgIpc) is 2.80. The molecule has 3 aliphatic rings. The molecule has 0 amide bonds. The molecule has 5 atom stereocenters. The van der Waals surface area contributed by atoms with Gasteiger partial charge in [0.1, 0.15) is 6.54 Å². The number of pyridine rings is 1. The number of fused-ring (bicyclic) bond motifs is 4. The molecule has 3 fully saturated rings. The number of benzene rings is 2. The van der Waals surface area contributed by atoms with Gasteiger partial charge in [0.25, 0.3) is 0 Å². The highest BCUT2D eigenvalue weighted by atomic mass is 35.5. The summed E-state index contributed by atoms with van der Waals surface area (Å²) in [6, 6.07) is 17.5. The lowest BCUT2D eigenvalue weighted by molar-refractivity contribution is -0.982. The van der Waals surface area contributed by atoms with Gasteiger partial charge in [-0.15, -0.1) is 6.58 Å². The molecule has 6 rings (SSSR count). The third-order valence-corrected chi connectivity index (χ3v) is 8.65. The summed E-state index contributed by atoms with van der Waals surface area (Å²) in [6.45, 7) is 9.97. The Balaban J connectivity index is 1.55. The lowest BCUT2D eigenvalue weighted by atomic mass is 9.69. The van der Waals surface area contributed by atoms with Gasteiger partial charge in [0, 0.05) is 41.8 Å². The molecule has 0 unspecified atom stereocenters. The van der Waals surface area contributed by atoms with Crippen molar-refractivity contribution < 1.29 is 4.48 Å². The van der Waals surface area contributed by atoms with Crippen LogP contribution in [-0.4, -0.2) is 28.6 Å². The van der Waals surface area contributed by atoms with E-state index >= 15 is 0 Å². The third kappa shape index (κ3) is 3.69. The van der Waals surface area contributed by atoms with Crippen LogP contribution in [0.3, 0.4) is 0 Å². The van der Waals surface area contributed by atoms with E-state index < -0.39 is 0 Å². The van der Waals surface area contributed by atoms with Gasteiger partial charge in [-0.3, -0.25) is 4.98 Å². The first-order valence-corrected chi connectivity index (χ1v) is 12.0. The number of halogens is 2. The molecular weight excluding hydrogens is 423 g/mol. The van der Waals surface area contributed by atoms with Crippen LogP contribution in [-0.2, 0) is 6.54 Å². The predicted molar refractivity (Wildman–Crippen MR) is 131 cm³/mol. The van der Waals surface area contributed by atoms with Crippen LogP contribution in [0.5, 0.6) is 0 Å². The Kier molecular flexibility index (Phi) is 5.58. The van der Waals surface area contributed by atoms with Gasteiger partial charge in [-0.1, -0.05) is 60.5 Å². The molecule has 4 heterocycles. The van der Waals surface area contributed by atoms with Gasteiger partial charge in [0.05, 0.1) is 34.7 Å². The first-order chi connectivity index (χ1) is 15.0. The van der Waals surface area contributed by atoms with E-state index in [9.17, 15) is 0 Å². The number of hydrogen-bond donors (Lipinski definition) is 0. The molecule has 4 heteroatoms. The van der Waals surface area contributed by atoms with Gasteiger partial charge in [-0.2, -0.15) is 0 Å². The maximum Gasteiger partial charge on any atom is 0.105 e. The second-order valence-corrected chi connectivity index (χ2v) is 10.3. The highest BCUT2D eigenvalue weighted by molar-refractivity contribution is 6.42. The molecule has 1 aromatic heterocycles. The number of hydrogen-bond acceptors (Lipinski definition) is 1. The normalized spacial score (nSPS) is 28.5. The molecular formula is C27H29Cl2N2+. The molecule has 3 aliphatic heterocycles. The van der Waals surface area contributed by atoms with Crippen molar-refractivity contribution in [1.82, 2.24) is 4.98 Å². The second kappa shape index (κ2) is 8.24. The Labute approximate surface area is 195 Å². The summed E-state index contributed by atoms with van der Waals surface area (Å²) < 4.78 is 1.10. The van der Waals surface area contributed by atoms with Gasteiger partial charge in [0.15, 0.2) is 0 Å². The van der Waals surface area contributed by atoms with Crippen LogP contribution in [0.2, 0.25) is 10.0 Å². The standard InChI is InChI=1S/C27H29Cl2N2/c1-3-20-17-31(16-19-8-9-24(28)25(29)14-19)13-11-21(20)15-27(31)18(2)22-10-12-30-26-7-5-4-6-23(22)26/h3-10,12,14,18,20-21,27H,1,11,13,15-17H2,2H3/q+1/t18-,20+,21-,27+,31+/m0/s1. The molecule has 0 N–H and O–H groups in total. The van der Waals surface area contributed by atoms with E-state index in [1.807, 2.05) is 12.3 Å². The Morgan fingerprint density at radius 1 is 1.16 bits per heavy atom. The topological polar surface area (TPSA) is 12.9 Å². The molecule has 2 bridgehead atoms. The summed E-state index contributed by atoms with van der Waals surface area (Å²) in [7, 11) is 0. The van der Waals surface area contributed by atoms with Crippen molar-refractivity contribution in [3.8, 4) is 0 Å². The fourth-order valence-corrected chi connectivity index (χ4v) is 6.68. The quantitative estimate of drug-likeness (QED) is 0.293. The van der Waals surface area contributed by atoms with Crippen LogP contribution < -0.4 is 0 Å². The summed E-state index contributed by atoms with van der Waals surface area (Å²) in [4.78, 5) is 4.60. The van der Waals surface area contributed by atoms with E-state index in [-0.39, 0.29) is 0 Å². The zero-order valence-electron chi connectivity index (χ0n) is 18.0. The fraction of sp³-hybridized carbons (Fsp3) is 0.370. The van der Waals surface area contributed by atoms with Crippen molar-refractivity contribution in [2.75, 3.05) is 13.1 Å². The van der Waals surface area contributed by atoms with Crippen LogP contribution in [0.25, 0.3) is 10.9 Å². The monoisotopic (exact) mass is 451 g/mol. The van der Waals surface area contributed by atoms with Crippen LogP contribution >= 0.6 is 23.2 Å². The molecule has 2 aromatic carbocycles. The van der Waals surface area contributed by atoms with Crippen molar-refractivity contribution in [2.24, 2.45) is 11.8 Å². The molecule has 2 nitrogen and oxygen atoms in total. The molecule has 0 saturated carbocycles. The SMILES string of the molecule is C=C[C@@H]1C[N@+]2(Cc3ccc(Cl)c(Cl)c3)CC[C@H]1C[C@@H]2[C@@H](C)c1ccnc2ccccc12. The van der Waals surface area contributed by atoms with E-state index in [0.29, 0.717) is 27.9 Å². The second-order valence-electron chi connectivity index (χ2n) is 9.49. The highest BCUT2D eigenvalue weighted by Crippen LogP contribution is 2.48. The largest absolute Gasteiger partial charge is 0.316 e. The number of para-hydroxylation sites is 1. The number of aromatic nitrogens is 1. The predicted octanol–water partition coefficient (Wildman–Crippen LogP) is 7.26. The van der Waals surface area contributed by atoms with Gasteiger partial charge in [-0.05, 0) is 35.7 Å². The molecule has 160 valence electrons. The summed E-state index contributed by atoms with van der Waals surface area (Å²) in [6.07, 6.45) is 6.70. The van der Waals surface area contributed by atoms with Gasteiger partial charge in [0.2, 0.25) is 0 Å². The number of rotatable bonds is 5. The minimum absolute atomic E-state index is 0.448. The molecule has 3 aromatic rings. The van der Waals surface area contributed by atoms with E-state index in [2.05, 4.69) is 67.0 Å². The zero-order valence-corrected chi connectivity index (χ0v) is 19.5. The molecule has 31 heavy (non-hydrogen) atoms. The molecule has 0 spiro atoms. The number of nitrogens with zero attached hydrogens (tertiary/aromatic N) is 2.